The number of rotatable bonds is 8. The molecule has 3 aliphatic heterocycles. The lowest BCUT2D eigenvalue weighted by Crippen LogP contribution is -2.42. The maximum atomic E-state index is 12.6. The van der Waals surface area contributed by atoms with Crippen LogP contribution in [0.15, 0.2) is 59.7 Å². The first-order valence-corrected chi connectivity index (χ1v) is 14.5. The van der Waals surface area contributed by atoms with Gasteiger partial charge in [-0.05, 0) is 54.8 Å². The molecule has 214 valence electrons. The summed E-state index contributed by atoms with van der Waals surface area (Å²) in [5, 5.41) is 13.9. The maximum Gasteiger partial charge on any atom is 0.321 e. The summed E-state index contributed by atoms with van der Waals surface area (Å²) in [5.74, 6) is 1.39. The van der Waals surface area contributed by atoms with Gasteiger partial charge in [0.05, 0.1) is 18.9 Å². The van der Waals surface area contributed by atoms with Crippen molar-refractivity contribution in [3.8, 4) is 16.9 Å². The molecule has 6 rings (SSSR count). The van der Waals surface area contributed by atoms with Crippen molar-refractivity contribution in [1.82, 2.24) is 14.8 Å². The van der Waals surface area contributed by atoms with Crippen LogP contribution < -0.4 is 10.1 Å². The minimum absolute atomic E-state index is 0.0840. The minimum atomic E-state index is -0.557. The third kappa shape index (κ3) is 6.70. The zero-order valence-electron chi connectivity index (χ0n) is 22.9. The van der Waals surface area contributed by atoms with Crippen LogP contribution in [-0.4, -0.2) is 90.3 Å². The number of likely N-dealkylation sites (tertiary alicyclic amines) is 1. The number of aliphatic imine (C=N–C) groups is 1. The van der Waals surface area contributed by atoms with E-state index < -0.39 is 6.10 Å². The van der Waals surface area contributed by atoms with Crippen molar-refractivity contribution in [3.63, 3.8) is 0 Å². The Bertz CT molecular complexity index is 1420. The number of aromatic nitrogens is 1. The van der Waals surface area contributed by atoms with E-state index in [0.717, 1.165) is 67.0 Å². The summed E-state index contributed by atoms with van der Waals surface area (Å²) < 4.78 is 11.2. The van der Waals surface area contributed by atoms with Gasteiger partial charge in [-0.25, -0.2) is 14.8 Å². The van der Waals surface area contributed by atoms with Gasteiger partial charge in [-0.15, -0.1) is 0 Å². The van der Waals surface area contributed by atoms with E-state index in [4.69, 9.17) is 26.1 Å². The first-order valence-electron chi connectivity index (χ1n) is 14.2. The van der Waals surface area contributed by atoms with E-state index in [-0.39, 0.29) is 12.6 Å². The quantitative estimate of drug-likeness (QED) is 0.401. The number of fused-ring (bicyclic) bond motifs is 1. The Balaban J connectivity index is 1.07. The Morgan fingerprint density at radius 1 is 1.05 bits per heavy atom. The molecule has 9 nitrogen and oxygen atoms in total. The molecule has 0 radical (unpaired) electrons. The third-order valence-corrected chi connectivity index (χ3v) is 8.00. The van der Waals surface area contributed by atoms with Gasteiger partial charge in [-0.3, -0.25) is 4.90 Å². The maximum absolute atomic E-state index is 12.6. The normalized spacial score (nSPS) is 17.7. The number of anilines is 1. The lowest BCUT2D eigenvalue weighted by molar-refractivity contribution is 0.00465. The molecule has 10 heteroatoms. The number of aliphatic hydroxyl groups is 1. The highest BCUT2D eigenvalue weighted by Gasteiger charge is 2.22. The van der Waals surface area contributed by atoms with Gasteiger partial charge in [0, 0.05) is 72.7 Å². The number of nitrogens with zero attached hydrogens (tertiary/aromatic N) is 4. The Hall–Kier alpha value is -3.50. The molecule has 3 aromatic rings. The summed E-state index contributed by atoms with van der Waals surface area (Å²) in [4.78, 5) is 26.0. The summed E-state index contributed by atoms with van der Waals surface area (Å²) in [7, 11) is 0. The summed E-state index contributed by atoms with van der Waals surface area (Å²) in [6.07, 6.45) is 3.95. The number of nitrogens with one attached hydrogen (secondary N) is 1. The van der Waals surface area contributed by atoms with Crippen LogP contribution in [0.2, 0.25) is 5.02 Å². The minimum Gasteiger partial charge on any atom is -0.491 e. The number of amides is 2. The second-order valence-electron chi connectivity index (χ2n) is 10.7. The standard InChI is InChI=1S/C31H34ClN5O4/c32-28-8-5-24(34-31(39)37-9-1-2-10-37)17-27(28)29-16-22-15-23(18-33-30(22)35-29)21-3-6-26(7-4-21)41-20-25(38)19-36-11-13-40-14-12-36/h3-8,15,17-18,25,38H,1-2,9-14,16,19-20H2,(H,34,39). The molecule has 4 heterocycles. The molecule has 2 amide bonds. The molecule has 41 heavy (non-hydrogen) atoms. The second kappa shape index (κ2) is 12.6. The van der Waals surface area contributed by atoms with Crippen LogP contribution >= 0.6 is 11.6 Å². The number of hydrogen-bond donors (Lipinski definition) is 2. The Morgan fingerprint density at radius 2 is 1.83 bits per heavy atom. The van der Waals surface area contributed by atoms with Gasteiger partial charge in [0.2, 0.25) is 0 Å². The van der Waals surface area contributed by atoms with E-state index in [1.54, 1.807) is 6.07 Å². The van der Waals surface area contributed by atoms with Crippen molar-refractivity contribution in [3.05, 3.63) is 70.9 Å². The van der Waals surface area contributed by atoms with Gasteiger partial charge in [-0.2, -0.15) is 0 Å². The van der Waals surface area contributed by atoms with Gasteiger partial charge in [0.15, 0.2) is 5.82 Å². The molecule has 2 fully saturated rings. The number of β-amino-alcohol motifs (C(OH)–C–C–N with tert-alkyl or cyclic N) is 1. The Kier molecular flexibility index (Phi) is 8.48. The predicted octanol–water partition coefficient (Wildman–Crippen LogP) is 4.78. The number of benzene rings is 2. The van der Waals surface area contributed by atoms with Gasteiger partial charge in [-0.1, -0.05) is 23.7 Å². The average molecular weight is 576 g/mol. The van der Waals surface area contributed by atoms with E-state index in [1.807, 2.05) is 47.5 Å². The summed E-state index contributed by atoms with van der Waals surface area (Å²) in [5.41, 5.74) is 5.33. The molecule has 2 saturated heterocycles. The molecule has 1 aromatic heterocycles. The molecule has 0 saturated carbocycles. The number of pyridine rings is 1. The molecule has 0 spiro atoms. The number of carbonyl (C=O) groups excluding carboxylic acids is 1. The van der Waals surface area contributed by atoms with Crippen LogP contribution in [0, 0.1) is 0 Å². The fourth-order valence-corrected chi connectivity index (χ4v) is 5.64. The van der Waals surface area contributed by atoms with E-state index in [1.165, 1.54) is 0 Å². The van der Waals surface area contributed by atoms with Gasteiger partial charge in [0.1, 0.15) is 18.5 Å². The zero-order valence-corrected chi connectivity index (χ0v) is 23.6. The lowest BCUT2D eigenvalue weighted by Gasteiger charge is -2.28. The molecule has 1 unspecified atom stereocenters. The van der Waals surface area contributed by atoms with Crippen molar-refractivity contribution < 1.29 is 19.4 Å². The molecule has 3 aliphatic rings. The van der Waals surface area contributed by atoms with Crippen molar-refractivity contribution in [2.75, 3.05) is 57.9 Å². The highest BCUT2D eigenvalue weighted by molar-refractivity contribution is 6.34. The molecular weight excluding hydrogens is 542 g/mol. The van der Waals surface area contributed by atoms with Gasteiger partial charge >= 0.3 is 6.03 Å². The van der Waals surface area contributed by atoms with E-state index in [0.29, 0.717) is 48.5 Å². The Morgan fingerprint density at radius 3 is 2.61 bits per heavy atom. The van der Waals surface area contributed by atoms with E-state index in [2.05, 4.69) is 21.3 Å². The summed E-state index contributed by atoms with van der Waals surface area (Å²) in [6, 6.07) is 15.3. The predicted molar refractivity (Wildman–Crippen MR) is 160 cm³/mol. The number of hydrogen-bond acceptors (Lipinski definition) is 7. The molecule has 0 aliphatic carbocycles. The molecule has 1 atom stereocenters. The Labute approximate surface area is 244 Å². The number of ether oxygens (including phenoxy) is 2. The van der Waals surface area contributed by atoms with Crippen LogP contribution in [0.25, 0.3) is 11.1 Å². The van der Waals surface area contributed by atoms with Crippen molar-refractivity contribution >= 4 is 34.8 Å². The van der Waals surface area contributed by atoms with Gasteiger partial charge in [0.25, 0.3) is 0 Å². The molecule has 2 aromatic carbocycles. The second-order valence-corrected chi connectivity index (χ2v) is 11.1. The van der Waals surface area contributed by atoms with E-state index in [9.17, 15) is 9.90 Å². The first-order chi connectivity index (χ1) is 20.0. The summed E-state index contributed by atoms with van der Waals surface area (Å²) in [6.45, 7) is 5.48. The van der Waals surface area contributed by atoms with Gasteiger partial charge < -0.3 is 24.8 Å². The van der Waals surface area contributed by atoms with Crippen LogP contribution in [0.3, 0.4) is 0 Å². The number of aliphatic hydroxyl groups excluding tert-OH is 1. The third-order valence-electron chi connectivity index (χ3n) is 7.67. The highest BCUT2D eigenvalue weighted by atomic mass is 35.5. The first kappa shape index (κ1) is 27.7. The zero-order chi connectivity index (χ0) is 28.2. The van der Waals surface area contributed by atoms with Crippen LogP contribution in [-0.2, 0) is 11.2 Å². The fraction of sp³-hybridized carbons (Fsp3) is 0.387. The number of urea groups is 1. The number of morpholine rings is 1. The smallest absolute Gasteiger partial charge is 0.321 e. The van der Waals surface area contributed by atoms with Crippen molar-refractivity contribution in [2.45, 2.75) is 25.4 Å². The van der Waals surface area contributed by atoms with Crippen molar-refractivity contribution in [2.24, 2.45) is 4.99 Å². The molecule has 0 bridgehead atoms. The summed E-state index contributed by atoms with van der Waals surface area (Å²) >= 11 is 6.56. The fourth-order valence-electron chi connectivity index (χ4n) is 5.41. The van der Waals surface area contributed by atoms with Crippen LogP contribution in [0.1, 0.15) is 24.0 Å². The average Bonchev–Trinajstić information content (AvgIpc) is 3.68. The monoisotopic (exact) mass is 575 g/mol. The SMILES string of the molecule is O=C(Nc1ccc(Cl)c(C2=Nc3ncc(-c4ccc(OCC(O)CN5CCOCC5)cc4)cc3C2)c1)N1CCCC1. The number of halogens is 1. The molecular formula is C31H34ClN5O4. The van der Waals surface area contributed by atoms with E-state index >= 15 is 0 Å². The van der Waals surface area contributed by atoms with Crippen LogP contribution in [0.4, 0.5) is 16.3 Å². The van der Waals surface area contributed by atoms with Crippen molar-refractivity contribution in [1.29, 1.82) is 0 Å². The molecule has 2 N–H and O–H groups in total. The van der Waals surface area contributed by atoms with Crippen LogP contribution in [0.5, 0.6) is 5.75 Å². The largest absolute Gasteiger partial charge is 0.491 e. The lowest BCUT2D eigenvalue weighted by atomic mass is 10.0. The number of carbonyl (C=O) groups is 1. The topological polar surface area (TPSA) is 99.5 Å². The highest BCUT2D eigenvalue weighted by Crippen LogP contribution is 2.33.